The zero-order valence-corrected chi connectivity index (χ0v) is 21.7. The van der Waals surface area contributed by atoms with Gasteiger partial charge in [-0.25, -0.2) is 0 Å². The molecule has 3 heterocycles. The van der Waals surface area contributed by atoms with E-state index in [0.717, 1.165) is 12.8 Å². The lowest BCUT2D eigenvalue weighted by molar-refractivity contribution is -0.161. The number of hydrogen-bond acceptors (Lipinski definition) is 6. The van der Waals surface area contributed by atoms with E-state index in [0.29, 0.717) is 32.4 Å². The second kappa shape index (κ2) is 10.8. The van der Waals surface area contributed by atoms with Crippen LogP contribution in [0.5, 0.6) is 0 Å². The molecule has 196 valence electrons. The molecular formula is C27H42N2O6. The van der Waals surface area contributed by atoms with Crippen LogP contribution in [0.1, 0.15) is 59.8 Å². The van der Waals surface area contributed by atoms with Crippen LogP contribution < -0.4 is 0 Å². The van der Waals surface area contributed by atoms with Crippen molar-refractivity contribution < 1.29 is 29.0 Å². The Labute approximate surface area is 209 Å². The molecule has 3 aliphatic rings. The van der Waals surface area contributed by atoms with Gasteiger partial charge in [0.05, 0.1) is 11.5 Å². The number of amides is 2. The largest absolute Gasteiger partial charge is 0.461 e. The first-order valence-electron chi connectivity index (χ1n) is 12.9. The molecule has 3 saturated heterocycles. The number of hydrogen-bond donors (Lipinski definition) is 1. The number of aliphatic hydroxyl groups is 1. The summed E-state index contributed by atoms with van der Waals surface area (Å²) in [4.78, 5) is 44.9. The van der Waals surface area contributed by atoms with Crippen molar-refractivity contribution in [1.29, 1.82) is 0 Å². The van der Waals surface area contributed by atoms with E-state index >= 15 is 0 Å². The SMILES string of the molecule is C=CCOC(=O)[C@@H]1[C@H]2C(=O)N(CCCCO)C(C(=O)N(CC=C)C(C)CCC)C23CC(C)[C@@]1(C)O3. The van der Waals surface area contributed by atoms with Gasteiger partial charge >= 0.3 is 5.97 Å². The van der Waals surface area contributed by atoms with Gasteiger partial charge in [-0.05, 0) is 45.4 Å². The predicted molar refractivity (Wildman–Crippen MR) is 132 cm³/mol. The Kier molecular flexibility index (Phi) is 8.48. The van der Waals surface area contributed by atoms with Crippen LogP contribution in [-0.2, 0) is 23.9 Å². The number of rotatable bonds is 13. The highest BCUT2D eigenvalue weighted by Gasteiger charge is 2.80. The zero-order chi connectivity index (χ0) is 26.0. The van der Waals surface area contributed by atoms with Gasteiger partial charge in [-0.15, -0.1) is 6.58 Å². The molecule has 1 N–H and O–H groups in total. The van der Waals surface area contributed by atoms with E-state index in [1.807, 2.05) is 20.8 Å². The molecule has 2 bridgehead atoms. The maximum atomic E-state index is 14.3. The van der Waals surface area contributed by atoms with Gasteiger partial charge in [0.2, 0.25) is 11.8 Å². The Morgan fingerprint density at radius 2 is 2.06 bits per heavy atom. The predicted octanol–water partition coefficient (Wildman–Crippen LogP) is 2.70. The normalized spacial score (nSPS) is 34.0. The number of esters is 1. The monoisotopic (exact) mass is 490 g/mol. The van der Waals surface area contributed by atoms with Crippen LogP contribution in [-0.4, -0.2) is 82.3 Å². The Balaban J connectivity index is 2.08. The Bertz CT molecular complexity index is 846. The number of unbranched alkanes of at least 4 members (excludes halogenated alkanes) is 1. The number of likely N-dealkylation sites (tertiary alicyclic amines) is 1. The molecule has 35 heavy (non-hydrogen) atoms. The maximum absolute atomic E-state index is 14.3. The molecule has 8 heteroatoms. The first-order valence-corrected chi connectivity index (χ1v) is 12.9. The Hall–Kier alpha value is -2.19. The first kappa shape index (κ1) is 27.4. The zero-order valence-electron chi connectivity index (χ0n) is 21.7. The molecule has 0 aromatic carbocycles. The highest BCUT2D eigenvalue weighted by Crippen LogP contribution is 2.65. The van der Waals surface area contributed by atoms with Crippen LogP contribution >= 0.6 is 0 Å². The van der Waals surface area contributed by atoms with Gasteiger partial charge in [0.15, 0.2) is 0 Å². The van der Waals surface area contributed by atoms with Crippen molar-refractivity contribution in [3.05, 3.63) is 25.3 Å². The summed E-state index contributed by atoms with van der Waals surface area (Å²) < 4.78 is 12.1. The highest BCUT2D eigenvalue weighted by molar-refractivity contribution is 5.98. The average molecular weight is 491 g/mol. The lowest BCUT2D eigenvalue weighted by atomic mass is 9.62. The van der Waals surface area contributed by atoms with E-state index in [-0.39, 0.29) is 37.0 Å². The number of ether oxygens (including phenoxy) is 2. The Morgan fingerprint density at radius 3 is 2.66 bits per heavy atom. The maximum Gasteiger partial charge on any atom is 0.313 e. The van der Waals surface area contributed by atoms with Crippen molar-refractivity contribution in [1.82, 2.24) is 9.80 Å². The number of carbonyl (C=O) groups is 3. The quantitative estimate of drug-likeness (QED) is 0.242. The number of nitrogens with zero attached hydrogens (tertiary/aromatic N) is 2. The summed E-state index contributed by atoms with van der Waals surface area (Å²) >= 11 is 0. The van der Waals surface area contributed by atoms with Gasteiger partial charge in [0.1, 0.15) is 24.2 Å². The number of aliphatic hydroxyl groups excluding tert-OH is 1. The molecule has 0 saturated carbocycles. The summed E-state index contributed by atoms with van der Waals surface area (Å²) in [7, 11) is 0. The molecule has 0 radical (unpaired) electrons. The van der Waals surface area contributed by atoms with E-state index in [9.17, 15) is 19.5 Å². The van der Waals surface area contributed by atoms with Crippen molar-refractivity contribution >= 4 is 17.8 Å². The summed E-state index contributed by atoms with van der Waals surface area (Å²) in [6, 6.07) is -0.866. The van der Waals surface area contributed by atoms with Crippen LogP contribution in [0.3, 0.4) is 0 Å². The topological polar surface area (TPSA) is 96.4 Å². The lowest BCUT2D eigenvalue weighted by Gasteiger charge is -2.39. The van der Waals surface area contributed by atoms with Crippen molar-refractivity contribution in [3.8, 4) is 0 Å². The van der Waals surface area contributed by atoms with Crippen molar-refractivity contribution in [2.45, 2.75) is 83.1 Å². The smallest absolute Gasteiger partial charge is 0.313 e. The molecule has 2 amide bonds. The molecule has 0 aromatic heterocycles. The number of carbonyl (C=O) groups excluding carboxylic acids is 3. The van der Waals surface area contributed by atoms with Crippen molar-refractivity contribution in [3.63, 3.8) is 0 Å². The van der Waals surface area contributed by atoms with Gasteiger partial charge in [-0.3, -0.25) is 14.4 Å². The molecule has 0 aliphatic carbocycles. The van der Waals surface area contributed by atoms with Crippen LogP contribution in [0.2, 0.25) is 0 Å². The average Bonchev–Trinajstić information content (AvgIpc) is 3.32. The van der Waals surface area contributed by atoms with Gasteiger partial charge in [-0.1, -0.05) is 39.0 Å². The third kappa shape index (κ3) is 4.44. The van der Waals surface area contributed by atoms with Crippen LogP contribution in [0.15, 0.2) is 25.3 Å². The van der Waals surface area contributed by atoms with Crippen LogP contribution in [0, 0.1) is 17.8 Å². The van der Waals surface area contributed by atoms with Gasteiger partial charge in [0.25, 0.3) is 0 Å². The summed E-state index contributed by atoms with van der Waals surface area (Å²) in [5.74, 6) is -2.50. The first-order chi connectivity index (χ1) is 16.6. The van der Waals surface area contributed by atoms with Crippen molar-refractivity contribution in [2.75, 3.05) is 26.3 Å². The molecule has 3 rings (SSSR count). The second-order valence-electron chi connectivity index (χ2n) is 10.5. The standard InChI is InChI=1S/C27H42N2O6/c1-7-12-19(5)28(13-8-2)24(32)22-27-17-18(4)26(6,35-27)21(25(33)34-16-9-3)20(27)23(31)29(22)14-10-11-15-30/h8-9,18-22,30H,2-3,7,10-17H2,1,4-6H3/t18?,19?,20-,21-,22?,26+,27?/m0/s1. The molecule has 4 unspecified atom stereocenters. The Morgan fingerprint density at radius 1 is 1.34 bits per heavy atom. The fourth-order valence-electron chi connectivity index (χ4n) is 6.60. The molecule has 3 aliphatic heterocycles. The molecular weight excluding hydrogens is 448 g/mol. The molecule has 1 spiro atoms. The van der Waals surface area contributed by atoms with Gasteiger partial charge in [0, 0.05) is 25.7 Å². The van der Waals surface area contributed by atoms with Crippen LogP contribution in [0.25, 0.3) is 0 Å². The number of fused-ring (bicyclic) bond motifs is 1. The van der Waals surface area contributed by atoms with E-state index in [2.05, 4.69) is 20.1 Å². The summed E-state index contributed by atoms with van der Waals surface area (Å²) in [6.45, 7) is 16.2. The fraction of sp³-hybridized carbons (Fsp3) is 0.741. The summed E-state index contributed by atoms with van der Waals surface area (Å²) in [6.07, 6.45) is 6.54. The second-order valence-corrected chi connectivity index (χ2v) is 10.5. The minimum Gasteiger partial charge on any atom is -0.461 e. The lowest BCUT2D eigenvalue weighted by Crippen LogP contribution is -2.58. The highest BCUT2D eigenvalue weighted by atomic mass is 16.6. The molecule has 0 aromatic rings. The third-order valence-corrected chi connectivity index (χ3v) is 8.30. The van der Waals surface area contributed by atoms with Gasteiger partial charge in [-0.2, -0.15) is 0 Å². The van der Waals surface area contributed by atoms with E-state index in [1.54, 1.807) is 15.9 Å². The summed E-state index contributed by atoms with van der Waals surface area (Å²) in [5, 5.41) is 9.32. The molecule has 3 fully saturated rings. The summed E-state index contributed by atoms with van der Waals surface area (Å²) in [5.41, 5.74) is -1.99. The van der Waals surface area contributed by atoms with Gasteiger partial charge < -0.3 is 24.4 Å². The minimum absolute atomic E-state index is 0.00739. The van der Waals surface area contributed by atoms with Crippen molar-refractivity contribution in [2.24, 2.45) is 17.8 Å². The van der Waals surface area contributed by atoms with Crippen LogP contribution in [0.4, 0.5) is 0 Å². The molecule has 8 nitrogen and oxygen atoms in total. The third-order valence-electron chi connectivity index (χ3n) is 8.30. The van der Waals surface area contributed by atoms with E-state index < -0.39 is 35.0 Å². The van der Waals surface area contributed by atoms with E-state index in [1.165, 1.54) is 6.08 Å². The van der Waals surface area contributed by atoms with E-state index in [4.69, 9.17) is 9.47 Å². The fourth-order valence-corrected chi connectivity index (χ4v) is 6.60. The minimum atomic E-state index is -1.09. The molecule has 7 atom stereocenters.